The third-order valence-electron chi connectivity index (χ3n) is 3.19. The molecule has 0 amide bonds. The largest absolute Gasteiger partial charge is 0.469 e. The van der Waals surface area contributed by atoms with Gasteiger partial charge < -0.3 is 9.73 Å². The highest BCUT2D eigenvalue weighted by atomic mass is 16.3. The van der Waals surface area contributed by atoms with Crippen LogP contribution in [-0.4, -0.2) is 6.54 Å². The van der Waals surface area contributed by atoms with Crippen LogP contribution in [0.2, 0.25) is 0 Å². The zero-order chi connectivity index (χ0) is 10.9. The molecule has 1 unspecified atom stereocenters. The van der Waals surface area contributed by atoms with Gasteiger partial charge in [0.1, 0.15) is 5.76 Å². The Hall–Kier alpha value is -0.760. The first-order valence-corrected chi connectivity index (χ1v) is 5.92. The third-order valence-corrected chi connectivity index (χ3v) is 3.19. The molecule has 0 aliphatic heterocycles. The van der Waals surface area contributed by atoms with Crippen molar-refractivity contribution in [1.29, 1.82) is 0 Å². The third kappa shape index (κ3) is 2.25. The summed E-state index contributed by atoms with van der Waals surface area (Å²) in [5, 5.41) is 3.61. The van der Waals surface area contributed by atoms with E-state index in [1.165, 1.54) is 24.2 Å². The monoisotopic (exact) mass is 207 g/mol. The molecule has 1 aromatic rings. The molecule has 15 heavy (non-hydrogen) atoms. The summed E-state index contributed by atoms with van der Waals surface area (Å²) in [6, 6.07) is 2.61. The van der Waals surface area contributed by atoms with Crippen LogP contribution in [0.5, 0.6) is 0 Å². The molecule has 0 saturated carbocycles. The average molecular weight is 207 g/mol. The molecule has 1 atom stereocenters. The van der Waals surface area contributed by atoms with Gasteiger partial charge in [0.25, 0.3) is 0 Å². The first-order chi connectivity index (χ1) is 7.12. The molecule has 1 aliphatic carbocycles. The number of nitrogens with one attached hydrogen (secondary N) is 1. The highest BCUT2D eigenvalue weighted by Gasteiger charge is 2.33. The maximum Gasteiger partial charge on any atom is 0.109 e. The van der Waals surface area contributed by atoms with E-state index in [1.807, 2.05) is 6.26 Å². The molecule has 1 heterocycles. The van der Waals surface area contributed by atoms with E-state index in [-0.39, 0.29) is 0 Å². The molecule has 0 fully saturated rings. The molecule has 2 heteroatoms. The van der Waals surface area contributed by atoms with Crippen LogP contribution >= 0.6 is 0 Å². The number of furan rings is 1. The van der Waals surface area contributed by atoms with Gasteiger partial charge in [-0.05, 0) is 30.9 Å². The Morgan fingerprint density at radius 2 is 2.33 bits per heavy atom. The topological polar surface area (TPSA) is 25.2 Å². The van der Waals surface area contributed by atoms with Crippen LogP contribution in [0, 0.1) is 5.41 Å². The number of hydrogen-bond donors (Lipinski definition) is 1. The van der Waals surface area contributed by atoms with E-state index in [2.05, 4.69) is 32.2 Å². The maximum atomic E-state index is 5.56. The number of rotatable bonds is 3. The fraction of sp³-hybridized carbons (Fsp3) is 0.692. The molecule has 1 aromatic heterocycles. The molecule has 1 N–H and O–H groups in total. The van der Waals surface area contributed by atoms with Crippen molar-refractivity contribution < 1.29 is 4.42 Å². The van der Waals surface area contributed by atoms with E-state index < -0.39 is 0 Å². The second-order valence-electron chi connectivity index (χ2n) is 5.35. The molecule has 2 rings (SSSR count). The highest BCUT2D eigenvalue weighted by Crippen LogP contribution is 2.40. The van der Waals surface area contributed by atoms with Crippen molar-refractivity contribution in [2.75, 3.05) is 6.54 Å². The summed E-state index contributed by atoms with van der Waals surface area (Å²) in [6.07, 6.45) is 5.29. The Bertz CT molecular complexity index is 327. The smallest absolute Gasteiger partial charge is 0.109 e. The Balaban J connectivity index is 2.18. The van der Waals surface area contributed by atoms with Crippen LogP contribution < -0.4 is 5.32 Å². The predicted octanol–water partition coefficient (Wildman–Crippen LogP) is 3.29. The predicted molar refractivity (Wildman–Crippen MR) is 61.8 cm³/mol. The molecule has 2 nitrogen and oxygen atoms in total. The van der Waals surface area contributed by atoms with E-state index in [1.54, 1.807) is 0 Å². The minimum atomic E-state index is 0.357. The van der Waals surface area contributed by atoms with Gasteiger partial charge in [0.05, 0.1) is 6.26 Å². The molecule has 0 spiro atoms. The van der Waals surface area contributed by atoms with Crippen LogP contribution in [0.15, 0.2) is 16.7 Å². The summed E-state index contributed by atoms with van der Waals surface area (Å²) in [4.78, 5) is 0. The summed E-state index contributed by atoms with van der Waals surface area (Å²) >= 11 is 0. The van der Waals surface area contributed by atoms with Crippen molar-refractivity contribution >= 4 is 0 Å². The summed E-state index contributed by atoms with van der Waals surface area (Å²) in [5.74, 6) is 1.18. The quantitative estimate of drug-likeness (QED) is 0.822. The second kappa shape index (κ2) is 4.01. The van der Waals surface area contributed by atoms with Gasteiger partial charge in [-0.1, -0.05) is 20.8 Å². The van der Waals surface area contributed by atoms with Crippen molar-refractivity contribution in [3.05, 3.63) is 23.7 Å². The number of fused-ring (bicyclic) bond motifs is 1. The molecular formula is C13H21NO. The molecule has 84 valence electrons. The fourth-order valence-corrected chi connectivity index (χ4v) is 2.47. The standard InChI is InChI=1S/C13H21NO/c1-4-6-14-11-8-13(2,3)9-12-10(11)5-7-15-12/h5,7,11,14H,4,6,8-9H2,1-3H3. The van der Waals surface area contributed by atoms with Gasteiger partial charge in [0.15, 0.2) is 0 Å². The van der Waals surface area contributed by atoms with Crippen molar-refractivity contribution in [1.82, 2.24) is 5.32 Å². The van der Waals surface area contributed by atoms with Crippen LogP contribution in [-0.2, 0) is 6.42 Å². The van der Waals surface area contributed by atoms with E-state index in [4.69, 9.17) is 4.42 Å². The van der Waals surface area contributed by atoms with Crippen molar-refractivity contribution in [2.24, 2.45) is 5.41 Å². The highest BCUT2D eigenvalue weighted by molar-refractivity contribution is 5.26. The van der Waals surface area contributed by atoms with E-state index >= 15 is 0 Å². The van der Waals surface area contributed by atoms with Gasteiger partial charge in [-0.15, -0.1) is 0 Å². The lowest BCUT2D eigenvalue weighted by atomic mass is 9.75. The average Bonchev–Trinajstić information content (AvgIpc) is 2.59. The van der Waals surface area contributed by atoms with E-state index in [9.17, 15) is 0 Å². The van der Waals surface area contributed by atoms with Crippen molar-refractivity contribution in [3.8, 4) is 0 Å². The molecule has 1 aliphatic rings. The van der Waals surface area contributed by atoms with E-state index in [0.717, 1.165) is 13.0 Å². The van der Waals surface area contributed by atoms with Crippen LogP contribution in [0.1, 0.15) is 51.0 Å². The SMILES string of the molecule is CCCNC1CC(C)(C)Cc2occc21. The summed E-state index contributed by atoms with van der Waals surface area (Å²) in [7, 11) is 0. The van der Waals surface area contributed by atoms with Gasteiger partial charge in [-0.2, -0.15) is 0 Å². The second-order valence-corrected chi connectivity index (χ2v) is 5.35. The van der Waals surface area contributed by atoms with Gasteiger partial charge in [0.2, 0.25) is 0 Å². The van der Waals surface area contributed by atoms with Crippen molar-refractivity contribution in [2.45, 2.75) is 46.1 Å². The minimum Gasteiger partial charge on any atom is -0.469 e. The Morgan fingerprint density at radius 3 is 3.07 bits per heavy atom. The molecule has 0 aromatic carbocycles. The Morgan fingerprint density at radius 1 is 1.53 bits per heavy atom. The minimum absolute atomic E-state index is 0.357. The van der Waals surface area contributed by atoms with Crippen LogP contribution in [0.4, 0.5) is 0 Å². The van der Waals surface area contributed by atoms with Crippen molar-refractivity contribution in [3.63, 3.8) is 0 Å². The molecular weight excluding hydrogens is 186 g/mol. The molecule has 0 radical (unpaired) electrons. The molecule has 0 saturated heterocycles. The van der Waals surface area contributed by atoms with Crippen LogP contribution in [0.25, 0.3) is 0 Å². The zero-order valence-electron chi connectivity index (χ0n) is 9.97. The zero-order valence-corrected chi connectivity index (χ0v) is 9.97. The number of hydrogen-bond acceptors (Lipinski definition) is 2. The Kier molecular flexibility index (Phi) is 2.87. The van der Waals surface area contributed by atoms with Gasteiger partial charge in [-0.25, -0.2) is 0 Å². The summed E-state index contributed by atoms with van der Waals surface area (Å²) < 4.78 is 5.56. The van der Waals surface area contributed by atoms with Crippen LogP contribution in [0.3, 0.4) is 0 Å². The van der Waals surface area contributed by atoms with Gasteiger partial charge in [-0.3, -0.25) is 0 Å². The van der Waals surface area contributed by atoms with Gasteiger partial charge in [0, 0.05) is 18.0 Å². The normalized spacial score (nSPS) is 23.8. The Labute approximate surface area is 92.1 Å². The lowest BCUT2D eigenvalue weighted by Gasteiger charge is -2.34. The fourth-order valence-electron chi connectivity index (χ4n) is 2.47. The summed E-state index contributed by atoms with van der Waals surface area (Å²) in [6.45, 7) is 7.93. The van der Waals surface area contributed by atoms with Gasteiger partial charge >= 0.3 is 0 Å². The lowest BCUT2D eigenvalue weighted by molar-refractivity contribution is 0.236. The maximum absolute atomic E-state index is 5.56. The molecule has 0 bridgehead atoms. The summed E-state index contributed by atoms with van der Waals surface area (Å²) in [5.41, 5.74) is 1.73. The lowest BCUT2D eigenvalue weighted by Crippen LogP contribution is -2.33. The first-order valence-electron chi connectivity index (χ1n) is 5.92. The van der Waals surface area contributed by atoms with E-state index in [0.29, 0.717) is 11.5 Å². The first kappa shape index (κ1) is 10.7.